The number of piperidine rings is 1. The summed E-state index contributed by atoms with van der Waals surface area (Å²) in [5.74, 6) is 2.29. The molecule has 1 aromatic rings. The van der Waals surface area contributed by atoms with Crippen LogP contribution in [0.1, 0.15) is 24.8 Å². The highest BCUT2D eigenvalue weighted by atomic mass is 16.5. The Balaban J connectivity index is 2.02. The smallest absolute Gasteiger partial charge is 0.217 e. The maximum atomic E-state index is 11.2. The molecular weight excluding hydrogens is 320 g/mol. The van der Waals surface area contributed by atoms with Crippen LogP contribution in [0, 0.1) is 5.92 Å². The number of para-hydroxylation sites is 1. The number of benzene rings is 1. The number of carbonyl (C=O) groups excluding carboxylic acids is 1. The van der Waals surface area contributed by atoms with Crippen LogP contribution < -0.4 is 20.5 Å². The quantitative estimate of drug-likeness (QED) is 0.599. The number of methoxy groups -OCH3 is 2. The Morgan fingerprint density at radius 1 is 1.40 bits per heavy atom. The normalized spacial score (nSPS) is 18.0. The predicted molar refractivity (Wildman–Crippen MR) is 97.9 cm³/mol. The minimum atomic E-state index is -0.240. The fourth-order valence-corrected chi connectivity index (χ4v) is 3.31. The molecule has 25 heavy (non-hydrogen) atoms. The van der Waals surface area contributed by atoms with E-state index in [-0.39, 0.29) is 11.8 Å². The lowest BCUT2D eigenvalue weighted by molar-refractivity contribution is -0.119. The van der Waals surface area contributed by atoms with Gasteiger partial charge in [0.15, 0.2) is 17.5 Å². The molecule has 7 heteroatoms. The summed E-state index contributed by atoms with van der Waals surface area (Å²) in [6.45, 7) is 2.28. The summed E-state index contributed by atoms with van der Waals surface area (Å²) < 4.78 is 10.8. The molecular formula is C18H28N4O3. The van der Waals surface area contributed by atoms with E-state index in [9.17, 15) is 4.79 Å². The van der Waals surface area contributed by atoms with Crippen LogP contribution in [0.5, 0.6) is 11.5 Å². The van der Waals surface area contributed by atoms with E-state index >= 15 is 0 Å². The van der Waals surface area contributed by atoms with Crippen molar-refractivity contribution in [2.24, 2.45) is 16.6 Å². The van der Waals surface area contributed by atoms with Gasteiger partial charge in [0, 0.05) is 38.7 Å². The fourth-order valence-electron chi connectivity index (χ4n) is 3.31. The van der Waals surface area contributed by atoms with Gasteiger partial charge in [-0.05, 0) is 24.8 Å². The molecule has 3 N–H and O–H groups in total. The molecule has 0 spiro atoms. The first-order valence-corrected chi connectivity index (χ1v) is 8.52. The number of primary amides is 1. The molecule has 1 saturated heterocycles. The molecule has 1 aliphatic rings. The number of ether oxygens (including phenoxy) is 2. The summed E-state index contributed by atoms with van der Waals surface area (Å²) in [6.07, 6.45) is 2.48. The van der Waals surface area contributed by atoms with E-state index in [4.69, 9.17) is 15.2 Å². The molecule has 2 rings (SSSR count). The molecule has 1 unspecified atom stereocenters. The van der Waals surface area contributed by atoms with Gasteiger partial charge in [-0.3, -0.25) is 9.79 Å². The molecule has 7 nitrogen and oxygen atoms in total. The van der Waals surface area contributed by atoms with Gasteiger partial charge in [-0.1, -0.05) is 12.1 Å². The van der Waals surface area contributed by atoms with Gasteiger partial charge in [0.25, 0.3) is 0 Å². The van der Waals surface area contributed by atoms with Crippen LogP contribution in [0.25, 0.3) is 0 Å². The molecule has 0 radical (unpaired) electrons. The first kappa shape index (κ1) is 18.9. The van der Waals surface area contributed by atoms with Crippen molar-refractivity contribution in [3.63, 3.8) is 0 Å². The molecule has 138 valence electrons. The molecule has 0 aromatic heterocycles. The van der Waals surface area contributed by atoms with E-state index in [0.29, 0.717) is 18.7 Å². The molecule has 0 saturated carbocycles. The summed E-state index contributed by atoms with van der Waals surface area (Å²) in [5.41, 5.74) is 6.34. The summed E-state index contributed by atoms with van der Waals surface area (Å²) in [4.78, 5) is 17.8. The maximum Gasteiger partial charge on any atom is 0.217 e. The van der Waals surface area contributed by atoms with E-state index in [1.807, 2.05) is 18.2 Å². The Hall–Kier alpha value is -2.44. The van der Waals surface area contributed by atoms with Crippen LogP contribution in [0.4, 0.5) is 0 Å². The number of rotatable bonds is 6. The lowest BCUT2D eigenvalue weighted by Crippen LogP contribution is -2.46. The average Bonchev–Trinajstić information content (AvgIpc) is 2.61. The third kappa shape index (κ3) is 5.01. The fraction of sp³-hybridized carbons (Fsp3) is 0.556. The van der Waals surface area contributed by atoms with E-state index in [0.717, 1.165) is 43.2 Å². The number of carbonyl (C=O) groups is 1. The topological polar surface area (TPSA) is 89.2 Å². The zero-order valence-electron chi connectivity index (χ0n) is 15.2. The molecule has 0 aliphatic carbocycles. The van der Waals surface area contributed by atoms with Crippen LogP contribution in [-0.4, -0.2) is 51.1 Å². The standard InChI is InChI=1S/C18H28N4O3/c1-20-18(22-9-5-6-13(12-22)10-16(19)23)21-11-14-7-4-8-15(24-2)17(14)25-3/h4,7-8,13H,5-6,9-12H2,1-3H3,(H2,19,23)(H,20,21). The maximum absolute atomic E-state index is 11.2. The number of nitrogens with one attached hydrogen (secondary N) is 1. The molecule has 0 bridgehead atoms. The SMILES string of the molecule is CN=C(NCc1cccc(OC)c1OC)N1CCCC(CC(N)=O)C1. The zero-order chi connectivity index (χ0) is 18.2. The van der Waals surface area contributed by atoms with E-state index in [2.05, 4.69) is 15.2 Å². The van der Waals surface area contributed by atoms with Crippen molar-refractivity contribution in [1.82, 2.24) is 10.2 Å². The van der Waals surface area contributed by atoms with E-state index in [1.165, 1.54) is 0 Å². The average molecular weight is 348 g/mol. The number of hydrogen-bond donors (Lipinski definition) is 2. The lowest BCUT2D eigenvalue weighted by Gasteiger charge is -2.34. The predicted octanol–water partition coefficient (Wildman–Crippen LogP) is 1.37. The van der Waals surface area contributed by atoms with E-state index < -0.39 is 0 Å². The first-order chi connectivity index (χ1) is 12.1. The lowest BCUT2D eigenvalue weighted by atomic mass is 9.95. The Morgan fingerprint density at radius 3 is 2.84 bits per heavy atom. The van der Waals surface area contributed by atoms with Crippen molar-refractivity contribution >= 4 is 11.9 Å². The molecule has 1 atom stereocenters. The van der Waals surface area contributed by atoms with Gasteiger partial charge in [0.1, 0.15) is 0 Å². The third-order valence-corrected chi connectivity index (χ3v) is 4.44. The van der Waals surface area contributed by atoms with Crippen LogP contribution >= 0.6 is 0 Å². The zero-order valence-corrected chi connectivity index (χ0v) is 15.2. The molecule has 1 heterocycles. The van der Waals surface area contributed by atoms with Gasteiger partial charge < -0.3 is 25.4 Å². The second-order valence-corrected chi connectivity index (χ2v) is 6.18. The second-order valence-electron chi connectivity index (χ2n) is 6.18. The molecule has 1 fully saturated rings. The molecule has 1 aromatic carbocycles. The van der Waals surface area contributed by atoms with Crippen molar-refractivity contribution in [2.75, 3.05) is 34.4 Å². The number of amides is 1. The number of aliphatic imine (C=N–C) groups is 1. The summed E-state index contributed by atoms with van der Waals surface area (Å²) in [7, 11) is 5.03. The minimum Gasteiger partial charge on any atom is -0.493 e. The number of guanidine groups is 1. The highest BCUT2D eigenvalue weighted by Crippen LogP contribution is 2.30. The van der Waals surface area contributed by atoms with Gasteiger partial charge >= 0.3 is 0 Å². The highest BCUT2D eigenvalue weighted by molar-refractivity contribution is 5.80. The van der Waals surface area contributed by atoms with Gasteiger partial charge in [-0.25, -0.2) is 0 Å². The van der Waals surface area contributed by atoms with Gasteiger partial charge in [-0.2, -0.15) is 0 Å². The van der Waals surface area contributed by atoms with Crippen molar-refractivity contribution in [3.8, 4) is 11.5 Å². The third-order valence-electron chi connectivity index (χ3n) is 4.44. The minimum absolute atomic E-state index is 0.240. The largest absolute Gasteiger partial charge is 0.493 e. The second kappa shape index (κ2) is 9.15. The van der Waals surface area contributed by atoms with Gasteiger partial charge in [-0.15, -0.1) is 0 Å². The first-order valence-electron chi connectivity index (χ1n) is 8.52. The summed E-state index contributed by atoms with van der Waals surface area (Å²) in [6, 6.07) is 5.80. The van der Waals surface area contributed by atoms with Gasteiger partial charge in [0.05, 0.1) is 14.2 Å². The summed E-state index contributed by atoms with van der Waals surface area (Å²) >= 11 is 0. The monoisotopic (exact) mass is 348 g/mol. The van der Waals surface area contributed by atoms with E-state index in [1.54, 1.807) is 21.3 Å². The number of nitrogens with two attached hydrogens (primary N) is 1. The van der Waals surface area contributed by atoms with Crippen molar-refractivity contribution in [2.45, 2.75) is 25.8 Å². The Morgan fingerprint density at radius 2 is 2.20 bits per heavy atom. The Kier molecular flexibility index (Phi) is 6.91. The van der Waals surface area contributed by atoms with Crippen LogP contribution in [0.3, 0.4) is 0 Å². The highest BCUT2D eigenvalue weighted by Gasteiger charge is 2.23. The van der Waals surface area contributed by atoms with Gasteiger partial charge in [0.2, 0.25) is 5.91 Å². The van der Waals surface area contributed by atoms with Crippen LogP contribution in [0.2, 0.25) is 0 Å². The van der Waals surface area contributed by atoms with Crippen LogP contribution in [-0.2, 0) is 11.3 Å². The molecule has 1 aliphatic heterocycles. The van der Waals surface area contributed by atoms with Crippen molar-refractivity contribution in [1.29, 1.82) is 0 Å². The van der Waals surface area contributed by atoms with Crippen molar-refractivity contribution in [3.05, 3.63) is 23.8 Å². The number of hydrogen-bond acceptors (Lipinski definition) is 4. The van der Waals surface area contributed by atoms with Crippen molar-refractivity contribution < 1.29 is 14.3 Å². The number of nitrogens with zero attached hydrogens (tertiary/aromatic N) is 2. The number of likely N-dealkylation sites (tertiary alicyclic amines) is 1. The summed E-state index contributed by atoms with van der Waals surface area (Å²) in [5, 5.41) is 3.38. The Labute approximate surface area is 149 Å². The molecule has 1 amide bonds. The van der Waals surface area contributed by atoms with Crippen LogP contribution in [0.15, 0.2) is 23.2 Å². The Bertz CT molecular complexity index is 618.